The summed E-state index contributed by atoms with van der Waals surface area (Å²) in [4.78, 5) is 2.18. The molecule has 0 aliphatic carbocycles. The Kier molecular flexibility index (Phi) is 3.79. The van der Waals surface area contributed by atoms with Crippen LogP contribution in [0.4, 0.5) is 11.5 Å². The van der Waals surface area contributed by atoms with Gasteiger partial charge in [0.25, 0.3) is 0 Å². The van der Waals surface area contributed by atoms with Gasteiger partial charge < -0.3 is 16.0 Å². The van der Waals surface area contributed by atoms with Crippen LogP contribution >= 0.6 is 0 Å². The van der Waals surface area contributed by atoms with Crippen LogP contribution in [-0.2, 0) is 0 Å². The molecule has 5 nitrogen and oxygen atoms in total. The van der Waals surface area contributed by atoms with Crippen molar-refractivity contribution in [2.75, 3.05) is 31.2 Å². The molecular formula is C17H23N5. The molecule has 0 unspecified atom stereocenters. The van der Waals surface area contributed by atoms with Crippen molar-refractivity contribution < 1.29 is 0 Å². The molecule has 0 saturated heterocycles. The fourth-order valence-corrected chi connectivity index (χ4v) is 2.74. The number of hydrogen-bond donors (Lipinski definition) is 2. The van der Waals surface area contributed by atoms with Crippen molar-refractivity contribution in [3.8, 4) is 0 Å². The highest BCUT2D eigenvalue weighted by Gasteiger charge is 2.12. The number of nitrogens with one attached hydrogen (secondary N) is 1. The minimum absolute atomic E-state index is 0.720. The smallest absolute Gasteiger partial charge is 0.172 e. The maximum Gasteiger partial charge on any atom is 0.172 e. The summed E-state index contributed by atoms with van der Waals surface area (Å²) in [6, 6.07) is 4.11. The molecule has 116 valence electrons. The Morgan fingerprint density at radius 2 is 2.14 bits per heavy atom. The summed E-state index contributed by atoms with van der Waals surface area (Å²) in [6.45, 7) is 5.96. The normalized spacial score (nSPS) is 14.5. The van der Waals surface area contributed by atoms with Crippen molar-refractivity contribution in [1.29, 1.82) is 0 Å². The van der Waals surface area contributed by atoms with Gasteiger partial charge in [0.2, 0.25) is 0 Å². The van der Waals surface area contributed by atoms with Crippen LogP contribution in [0.5, 0.6) is 0 Å². The molecule has 1 aliphatic heterocycles. The summed E-state index contributed by atoms with van der Waals surface area (Å²) < 4.78 is 1.92. The van der Waals surface area contributed by atoms with E-state index in [9.17, 15) is 0 Å². The van der Waals surface area contributed by atoms with E-state index in [4.69, 9.17) is 5.73 Å². The fraction of sp³-hybridized carbons (Fsp3) is 0.353. The molecule has 5 heteroatoms. The van der Waals surface area contributed by atoms with Crippen LogP contribution in [0.15, 0.2) is 36.1 Å². The molecule has 3 heterocycles. The van der Waals surface area contributed by atoms with E-state index >= 15 is 0 Å². The molecule has 0 atom stereocenters. The lowest BCUT2D eigenvalue weighted by Crippen LogP contribution is -2.18. The fourth-order valence-electron chi connectivity index (χ4n) is 2.74. The number of aromatic nitrogens is 2. The zero-order chi connectivity index (χ0) is 15.7. The van der Waals surface area contributed by atoms with Gasteiger partial charge in [-0.2, -0.15) is 0 Å². The molecule has 22 heavy (non-hydrogen) atoms. The van der Waals surface area contributed by atoms with Gasteiger partial charge in [0.1, 0.15) is 5.69 Å². The summed E-state index contributed by atoms with van der Waals surface area (Å²) in [5.41, 5.74) is 11.6. The molecule has 2 aromatic heterocycles. The first-order valence-corrected chi connectivity index (χ1v) is 7.61. The molecule has 0 saturated carbocycles. The molecule has 3 rings (SSSR count). The van der Waals surface area contributed by atoms with Gasteiger partial charge in [-0.05, 0) is 49.7 Å². The number of anilines is 2. The maximum absolute atomic E-state index is 6.22. The van der Waals surface area contributed by atoms with E-state index in [1.54, 1.807) is 0 Å². The zero-order valence-electron chi connectivity index (χ0n) is 13.4. The average molecular weight is 297 g/mol. The number of aryl methyl sites for hydroxylation is 2. The lowest BCUT2D eigenvalue weighted by atomic mass is 10.1. The Morgan fingerprint density at radius 3 is 2.91 bits per heavy atom. The van der Waals surface area contributed by atoms with Gasteiger partial charge in [-0.15, -0.1) is 5.10 Å². The van der Waals surface area contributed by atoms with Crippen LogP contribution < -0.4 is 11.1 Å². The Morgan fingerprint density at radius 1 is 1.32 bits per heavy atom. The number of rotatable bonds is 4. The highest BCUT2D eigenvalue weighted by Crippen LogP contribution is 2.25. The van der Waals surface area contributed by atoms with Gasteiger partial charge in [0.15, 0.2) is 5.82 Å². The van der Waals surface area contributed by atoms with E-state index in [2.05, 4.69) is 60.6 Å². The maximum atomic E-state index is 6.22. The van der Waals surface area contributed by atoms with Gasteiger partial charge in [0.05, 0.1) is 5.52 Å². The number of pyridine rings is 1. The van der Waals surface area contributed by atoms with E-state index in [0.29, 0.717) is 0 Å². The standard InChI is InChI=1S/C17H23N5/c1-12-6-7-15-16(18)17(20-22(15)13(12)2)19-9-8-14-5-4-10-21(3)11-14/h4-7,10H,8-9,11,18H2,1-3H3,(H,19,20). The first kappa shape index (κ1) is 14.5. The monoisotopic (exact) mass is 297 g/mol. The van der Waals surface area contributed by atoms with E-state index < -0.39 is 0 Å². The van der Waals surface area contributed by atoms with Crippen LogP contribution in [0, 0.1) is 13.8 Å². The minimum atomic E-state index is 0.720. The van der Waals surface area contributed by atoms with E-state index in [1.807, 2.05) is 10.6 Å². The first-order chi connectivity index (χ1) is 10.6. The topological polar surface area (TPSA) is 58.6 Å². The van der Waals surface area contributed by atoms with Crippen molar-refractivity contribution in [3.05, 3.63) is 47.3 Å². The molecule has 0 bridgehead atoms. The number of nitrogen functional groups attached to an aromatic ring is 1. The lowest BCUT2D eigenvalue weighted by Gasteiger charge is -2.19. The molecule has 0 amide bonds. The van der Waals surface area contributed by atoms with Gasteiger partial charge in [-0.1, -0.05) is 12.1 Å². The Labute approximate surface area is 131 Å². The summed E-state index contributed by atoms with van der Waals surface area (Å²) in [5.74, 6) is 0.772. The van der Waals surface area contributed by atoms with E-state index in [-0.39, 0.29) is 0 Å². The third kappa shape index (κ3) is 2.66. The van der Waals surface area contributed by atoms with E-state index in [0.717, 1.165) is 42.2 Å². The summed E-state index contributed by atoms with van der Waals surface area (Å²) in [7, 11) is 2.09. The molecule has 0 fully saturated rings. The second-order valence-corrected chi connectivity index (χ2v) is 5.92. The second-order valence-electron chi connectivity index (χ2n) is 5.92. The SMILES string of the molecule is Cc1ccc2c(N)c(NCCC3=CC=CN(C)C3)nn2c1C. The van der Waals surface area contributed by atoms with Crippen molar-refractivity contribution in [3.63, 3.8) is 0 Å². The summed E-state index contributed by atoms with van der Waals surface area (Å²) >= 11 is 0. The van der Waals surface area contributed by atoms with Crippen molar-refractivity contribution in [1.82, 2.24) is 14.5 Å². The van der Waals surface area contributed by atoms with Crippen molar-refractivity contribution >= 4 is 17.0 Å². The van der Waals surface area contributed by atoms with Crippen LogP contribution in [0.2, 0.25) is 0 Å². The first-order valence-electron chi connectivity index (χ1n) is 7.61. The Bertz CT molecular complexity index is 754. The van der Waals surface area contributed by atoms with Crippen molar-refractivity contribution in [2.24, 2.45) is 0 Å². The zero-order valence-corrected chi connectivity index (χ0v) is 13.4. The quantitative estimate of drug-likeness (QED) is 0.911. The summed E-state index contributed by atoms with van der Waals surface area (Å²) in [6.07, 6.45) is 7.34. The highest BCUT2D eigenvalue weighted by molar-refractivity contribution is 5.81. The number of nitrogens with zero attached hydrogens (tertiary/aromatic N) is 3. The molecular weight excluding hydrogens is 274 g/mol. The summed E-state index contributed by atoms with van der Waals surface area (Å²) in [5, 5.41) is 7.98. The van der Waals surface area contributed by atoms with Crippen LogP contribution in [0.1, 0.15) is 17.7 Å². The largest absolute Gasteiger partial charge is 0.394 e. The lowest BCUT2D eigenvalue weighted by molar-refractivity contribution is 0.484. The number of nitrogens with two attached hydrogens (primary N) is 1. The van der Waals surface area contributed by atoms with Crippen LogP contribution in [0.25, 0.3) is 5.52 Å². The predicted molar refractivity (Wildman–Crippen MR) is 92.0 cm³/mol. The third-order valence-electron chi connectivity index (χ3n) is 4.20. The van der Waals surface area contributed by atoms with Crippen molar-refractivity contribution in [2.45, 2.75) is 20.3 Å². The number of fused-ring (bicyclic) bond motifs is 1. The van der Waals surface area contributed by atoms with Gasteiger partial charge in [-0.3, -0.25) is 0 Å². The van der Waals surface area contributed by atoms with E-state index in [1.165, 1.54) is 11.1 Å². The minimum Gasteiger partial charge on any atom is -0.394 e. The highest BCUT2D eigenvalue weighted by atomic mass is 15.3. The molecule has 3 N–H and O–H groups in total. The predicted octanol–water partition coefficient (Wildman–Crippen LogP) is 2.72. The number of likely N-dealkylation sites (N-methyl/N-ethyl adjacent to an activating group) is 1. The van der Waals surface area contributed by atoms with Gasteiger partial charge in [0, 0.05) is 25.8 Å². The van der Waals surface area contributed by atoms with Crippen LogP contribution in [-0.4, -0.2) is 34.7 Å². The number of allylic oxidation sites excluding steroid dienone is 2. The molecule has 0 spiro atoms. The molecule has 0 aromatic carbocycles. The molecule has 1 aliphatic rings. The number of hydrogen-bond acceptors (Lipinski definition) is 4. The van der Waals surface area contributed by atoms with Crippen LogP contribution in [0.3, 0.4) is 0 Å². The molecule has 0 radical (unpaired) electrons. The molecule has 2 aromatic rings. The second kappa shape index (κ2) is 5.75. The van der Waals surface area contributed by atoms with Gasteiger partial charge in [-0.25, -0.2) is 4.52 Å². The Hall–Kier alpha value is -2.43. The van der Waals surface area contributed by atoms with Gasteiger partial charge >= 0.3 is 0 Å². The third-order valence-corrected chi connectivity index (χ3v) is 4.20. The average Bonchev–Trinajstić information content (AvgIpc) is 2.81. The Balaban J connectivity index is 1.72.